The predicted octanol–water partition coefficient (Wildman–Crippen LogP) is 3.06. The molecule has 0 aliphatic carbocycles. The highest BCUT2D eigenvalue weighted by Crippen LogP contribution is 2.28. The van der Waals surface area contributed by atoms with Gasteiger partial charge in [-0.25, -0.2) is 4.98 Å². The fraction of sp³-hybridized carbons (Fsp3) is 0.438. The van der Waals surface area contributed by atoms with Gasteiger partial charge in [-0.3, -0.25) is 0 Å². The summed E-state index contributed by atoms with van der Waals surface area (Å²) in [4.78, 5) is 7.46. The maximum absolute atomic E-state index is 5.53. The van der Waals surface area contributed by atoms with Crippen molar-refractivity contribution in [2.45, 2.75) is 32.9 Å². The highest BCUT2D eigenvalue weighted by Gasteiger charge is 2.11. The van der Waals surface area contributed by atoms with E-state index in [2.05, 4.69) is 28.3 Å². The molecule has 1 heterocycles. The monoisotopic (exact) mass is 289 g/mol. The second-order valence-corrected chi connectivity index (χ2v) is 4.73. The molecule has 2 N–H and O–H groups in total. The Balaban J connectivity index is 2.02. The molecule has 114 valence electrons. The largest absolute Gasteiger partial charge is 0.493 e. The van der Waals surface area contributed by atoms with Crippen LogP contribution in [-0.2, 0) is 6.54 Å². The SMILES string of the molecule is CCOc1ccc(CNC(CC)c2ncc[nH]2)cc1OC. The highest BCUT2D eigenvalue weighted by atomic mass is 16.5. The quantitative estimate of drug-likeness (QED) is 0.784. The van der Waals surface area contributed by atoms with E-state index in [1.165, 1.54) is 0 Å². The second kappa shape index (κ2) is 7.69. The minimum Gasteiger partial charge on any atom is -0.493 e. The number of hydrogen-bond donors (Lipinski definition) is 2. The number of nitrogens with one attached hydrogen (secondary N) is 2. The van der Waals surface area contributed by atoms with Crippen molar-refractivity contribution in [1.29, 1.82) is 0 Å². The second-order valence-electron chi connectivity index (χ2n) is 4.73. The molecule has 0 aliphatic rings. The molecular weight excluding hydrogens is 266 g/mol. The molecule has 0 bridgehead atoms. The average molecular weight is 289 g/mol. The minimum absolute atomic E-state index is 0.220. The van der Waals surface area contributed by atoms with Crippen molar-refractivity contribution in [3.05, 3.63) is 42.0 Å². The molecular formula is C16H23N3O2. The maximum atomic E-state index is 5.53. The minimum atomic E-state index is 0.220. The molecule has 0 fully saturated rings. The molecule has 21 heavy (non-hydrogen) atoms. The van der Waals surface area contributed by atoms with Gasteiger partial charge in [-0.2, -0.15) is 0 Å². The van der Waals surface area contributed by atoms with E-state index < -0.39 is 0 Å². The zero-order valence-electron chi connectivity index (χ0n) is 12.8. The van der Waals surface area contributed by atoms with Crippen LogP contribution in [0.15, 0.2) is 30.6 Å². The van der Waals surface area contributed by atoms with Crippen molar-refractivity contribution in [2.75, 3.05) is 13.7 Å². The first kappa shape index (κ1) is 15.4. The van der Waals surface area contributed by atoms with Gasteiger partial charge >= 0.3 is 0 Å². The maximum Gasteiger partial charge on any atom is 0.161 e. The van der Waals surface area contributed by atoms with Crippen LogP contribution in [0, 0.1) is 0 Å². The molecule has 1 unspecified atom stereocenters. The summed E-state index contributed by atoms with van der Waals surface area (Å²) in [7, 11) is 1.66. The van der Waals surface area contributed by atoms with Crippen molar-refractivity contribution in [1.82, 2.24) is 15.3 Å². The Kier molecular flexibility index (Phi) is 5.63. The van der Waals surface area contributed by atoms with Gasteiger partial charge in [0.15, 0.2) is 11.5 Å². The van der Waals surface area contributed by atoms with Gasteiger partial charge in [-0.05, 0) is 31.0 Å². The Bertz CT molecular complexity index is 540. The summed E-state index contributed by atoms with van der Waals surface area (Å²) in [5.74, 6) is 2.51. The Morgan fingerprint density at radius 1 is 1.29 bits per heavy atom. The van der Waals surface area contributed by atoms with Crippen molar-refractivity contribution in [3.63, 3.8) is 0 Å². The zero-order chi connectivity index (χ0) is 15.1. The van der Waals surface area contributed by atoms with Crippen LogP contribution in [0.4, 0.5) is 0 Å². The van der Waals surface area contributed by atoms with Gasteiger partial charge in [0.25, 0.3) is 0 Å². The Morgan fingerprint density at radius 3 is 2.76 bits per heavy atom. The van der Waals surface area contributed by atoms with Crippen molar-refractivity contribution in [3.8, 4) is 11.5 Å². The lowest BCUT2D eigenvalue weighted by Crippen LogP contribution is -2.21. The van der Waals surface area contributed by atoms with E-state index in [0.717, 1.165) is 35.9 Å². The first-order valence-electron chi connectivity index (χ1n) is 7.30. The third-order valence-corrected chi connectivity index (χ3v) is 3.34. The lowest BCUT2D eigenvalue weighted by molar-refractivity contribution is 0.310. The molecule has 1 atom stereocenters. The molecule has 0 saturated heterocycles. The van der Waals surface area contributed by atoms with Crippen LogP contribution in [0.1, 0.15) is 37.7 Å². The lowest BCUT2D eigenvalue weighted by Gasteiger charge is -2.16. The van der Waals surface area contributed by atoms with Gasteiger partial charge in [-0.15, -0.1) is 0 Å². The van der Waals surface area contributed by atoms with Gasteiger partial charge in [0, 0.05) is 18.9 Å². The van der Waals surface area contributed by atoms with E-state index in [0.29, 0.717) is 6.61 Å². The van der Waals surface area contributed by atoms with Crippen molar-refractivity contribution in [2.24, 2.45) is 0 Å². The number of H-pyrrole nitrogens is 1. The molecule has 0 saturated carbocycles. The number of benzene rings is 1. The molecule has 0 radical (unpaired) electrons. The smallest absolute Gasteiger partial charge is 0.161 e. The van der Waals surface area contributed by atoms with Crippen LogP contribution in [-0.4, -0.2) is 23.7 Å². The average Bonchev–Trinajstić information content (AvgIpc) is 3.03. The molecule has 0 amide bonds. The number of aromatic nitrogens is 2. The van der Waals surface area contributed by atoms with Gasteiger partial charge < -0.3 is 19.8 Å². The van der Waals surface area contributed by atoms with Gasteiger partial charge in [0.2, 0.25) is 0 Å². The number of ether oxygens (including phenoxy) is 2. The summed E-state index contributed by atoms with van der Waals surface area (Å²) in [5.41, 5.74) is 1.15. The normalized spacial score (nSPS) is 12.1. The van der Waals surface area contributed by atoms with Crippen LogP contribution in [0.5, 0.6) is 11.5 Å². The van der Waals surface area contributed by atoms with E-state index in [9.17, 15) is 0 Å². The fourth-order valence-electron chi connectivity index (χ4n) is 2.24. The summed E-state index contributed by atoms with van der Waals surface area (Å²) >= 11 is 0. The summed E-state index contributed by atoms with van der Waals surface area (Å²) < 4.78 is 10.9. The number of methoxy groups -OCH3 is 1. The third-order valence-electron chi connectivity index (χ3n) is 3.34. The number of aromatic amines is 1. The van der Waals surface area contributed by atoms with Crippen molar-refractivity contribution >= 4 is 0 Å². The Hall–Kier alpha value is -2.01. The molecule has 1 aromatic heterocycles. The molecule has 1 aromatic carbocycles. The number of rotatable bonds is 8. The standard InChI is InChI=1S/C16H23N3O2/c1-4-13(16-17-8-9-18-16)19-11-12-6-7-14(21-5-2)15(10-12)20-3/h6-10,13,19H,4-5,11H2,1-3H3,(H,17,18). The summed E-state index contributed by atoms with van der Waals surface area (Å²) in [6.07, 6.45) is 4.60. The highest BCUT2D eigenvalue weighted by molar-refractivity contribution is 5.42. The topological polar surface area (TPSA) is 59.2 Å². The number of nitrogens with zero attached hydrogens (tertiary/aromatic N) is 1. The van der Waals surface area contributed by atoms with Crippen LogP contribution >= 0.6 is 0 Å². The summed E-state index contributed by atoms with van der Waals surface area (Å²) in [6.45, 7) is 5.48. The molecule has 5 heteroatoms. The van der Waals surface area contributed by atoms with E-state index in [4.69, 9.17) is 9.47 Å². The number of imidazole rings is 1. The predicted molar refractivity (Wildman–Crippen MR) is 82.6 cm³/mol. The van der Waals surface area contributed by atoms with E-state index in [1.54, 1.807) is 13.3 Å². The van der Waals surface area contributed by atoms with Gasteiger partial charge in [0.05, 0.1) is 19.8 Å². The Labute approximate surface area is 125 Å². The summed E-state index contributed by atoms with van der Waals surface area (Å²) in [6, 6.07) is 6.23. The van der Waals surface area contributed by atoms with Crippen LogP contribution in [0.3, 0.4) is 0 Å². The molecule has 0 spiro atoms. The van der Waals surface area contributed by atoms with E-state index >= 15 is 0 Å². The third kappa shape index (κ3) is 3.98. The molecule has 5 nitrogen and oxygen atoms in total. The fourth-order valence-corrected chi connectivity index (χ4v) is 2.24. The molecule has 2 rings (SSSR count). The molecule has 2 aromatic rings. The zero-order valence-corrected chi connectivity index (χ0v) is 12.8. The molecule has 0 aliphatic heterocycles. The number of hydrogen-bond acceptors (Lipinski definition) is 4. The van der Waals surface area contributed by atoms with E-state index in [-0.39, 0.29) is 6.04 Å². The summed E-state index contributed by atoms with van der Waals surface area (Å²) in [5, 5.41) is 3.50. The van der Waals surface area contributed by atoms with Crippen LogP contribution in [0.2, 0.25) is 0 Å². The van der Waals surface area contributed by atoms with E-state index in [1.807, 2.05) is 25.3 Å². The van der Waals surface area contributed by atoms with Crippen LogP contribution < -0.4 is 14.8 Å². The first-order valence-corrected chi connectivity index (χ1v) is 7.30. The lowest BCUT2D eigenvalue weighted by atomic mass is 10.1. The van der Waals surface area contributed by atoms with Crippen molar-refractivity contribution < 1.29 is 9.47 Å². The first-order chi connectivity index (χ1) is 10.3. The van der Waals surface area contributed by atoms with Crippen LogP contribution in [0.25, 0.3) is 0 Å². The van der Waals surface area contributed by atoms with Gasteiger partial charge in [0.1, 0.15) is 5.82 Å². The van der Waals surface area contributed by atoms with Gasteiger partial charge in [-0.1, -0.05) is 13.0 Å². The Morgan fingerprint density at radius 2 is 2.14 bits per heavy atom.